The fourth-order valence-corrected chi connectivity index (χ4v) is 3.72. The van der Waals surface area contributed by atoms with Crippen LogP contribution in [0.5, 0.6) is 0 Å². The van der Waals surface area contributed by atoms with Gasteiger partial charge in [-0.15, -0.1) is 0 Å². The number of fused-ring (bicyclic) bond motifs is 3. The third kappa shape index (κ3) is 2.81. The highest BCUT2D eigenvalue weighted by molar-refractivity contribution is 6.12. The quantitative estimate of drug-likeness (QED) is 0.705. The summed E-state index contributed by atoms with van der Waals surface area (Å²) in [6.45, 7) is 0.355. The Bertz CT molecular complexity index is 1100. The molecule has 0 spiro atoms. The number of esters is 1. The van der Waals surface area contributed by atoms with Crippen molar-refractivity contribution in [2.24, 2.45) is 0 Å². The van der Waals surface area contributed by atoms with Crippen molar-refractivity contribution in [1.82, 2.24) is 4.57 Å². The van der Waals surface area contributed by atoms with Gasteiger partial charge in [0.15, 0.2) is 0 Å². The topological polar surface area (TPSA) is 88.8 Å². The van der Waals surface area contributed by atoms with Crippen molar-refractivity contribution >= 4 is 34.4 Å². The summed E-state index contributed by atoms with van der Waals surface area (Å²) in [5.74, 6) is -1.74. The molecule has 0 unspecified atom stereocenters. The number of benzene rings is 2. The molecule has 3 aromatic rings. The molecular weight excluding hydrogens is 360 g/mol. The van der Waals surface area contributed by atoms with E-state index in [9.17, 15) is 19.5 Å². The van der Waals surface area contributed by atoms with Crippen molar-refractivity contribution in [3.05, 3.63) is 65.4 Å². The van der Waals surface area contributed by atoms with Crippen LogP contribution in [0.15, 0.2) is 48.5 Å². The molecule has 2 heterocycles. The maximum atomic E-state index is 13.3. The Hall–Kier alpha value is -3.61. The van der Waals surface area contributed by atoms with Crippen LogP contribution in [0.25, 0.3) is 10.9 Å². The summed E-state index contributed by atoms with van der Waals surface area (Å²) in [6.07, 6.45) is 0.559. The van der Waals surface area contributed by atoms with E-state index in [1.54, 1.807) is 21.6 Å². The summed E-state index contributed by atoms with van der Waals surface area (Å²) in [7, 11) is 1.29. The van der Waals surface area contributed by atoms with Gasteiger partial charge in [-0.25, -0.2) is 4.79 Å². The van der Waals surface area contributed by atoms with Crippen molar-refractivity contribution in [3.63, 3.8) is 0 Å². The number of ether oxygens (including phenoxy) is 1. The summed E-state index contributed by atoms with van der Waals surface area (Å²) < 4.78 is 6.42. The van der Waals surface area contributed by atoms with Crippen LogP contribution in [0, 0.1) is 0 Å². The number of amides is 1. The number of hydrogen-bond acceptors (Lipinski definition) is 4. The van der Waals surface area contributed by atoms with E-state index in [0.717, 1.165) is 11.3 Å². The van der Waals surface area contributed by atoms with Crippen LogP contribution in [0.4, 0.5) is 5.69 Å². The molecule has 0 fully saturated rings. The molecule has 0 saturated carbocycles. The third-order valence-electron chi connectivity index (χ3n) is 5.03. The van der Waals surface area contributed by atoms with E-state index in [2.05, 4.69) is 0 Å². The maximum absolute atomic E-state index is 13.3. The highest BCUT2D eigenvalue weighted by Gasteiger charge is 2.32. The molecule has 0 bridgehead atoms. The third-order valence-corrected chi connectivity index (χ3v) is 5.03. The molecular formula is C21H18N2O5. The van der Waals surface area contributed by atoms with Crippen LogP contribution >= 0.6 is 0 Å². The van der Waals surface area contributed by atoms with Gasteiger partial charge < -0.3 is 19.3 Å². The summed E-state index contributed by atoms with van der Waals surface area (Å²) >= 11 is 0. The van der Waals surface area contributed by atoms with E-state index < -0.39 is 11.9 Å². The second-order valence-electron chi connectivity index (χ2n) is 6.57. The number of carbonyl (C=O) groups is 3. The molecule has 0 radical (unpaired) electrons. The fourth-order valence-electron chi connectivity index (χ4n) is 3.72. The first-order valence-corrected chi connectivity index (χ1v) is 8.83. The minimum absolute atomic E-state index is 0.122. The molecule has 1 N–H and O–H groups in total. The largest absolute Gasteiger partial charge is 0.478 e. The number of aromatic carboxylic acids is 1. The zero-order valence-electron chi connectivity index (χ0n) is 15.2. The lowest BCUT2D eigenvalue weighted by Crippen LogP contribution is -2.39. The Morgan fingerprint density at radius 2 is 1.89 bits per heavy atom. The smallest absolute Gasteiger partial charge is 0.335 e. The Labute approximate surface area is 160 Å². The molecule has 1 aromatic heterocycles. The fraction of sp³-hybridized carbons (Fsp3) is 0.190. The van der Waals surface area contributed by atoms with E-state index in [-0.39, 0.29) is 18.0 Å². The van der Waals surface area contributed by atoms with Gasteiger partial charge in [0, 0.05) is 23.1 Å². The number of hydrogen-bond donors (Lipinski definition) is 1. The molecule has 142 valence electrons. The molecule has 7 heteroatoms. The monoisotopic (exact) mass is 378 g/mol. The standard InChI is InChI=1S/C21H18N2O5/c1-28-18(24)12-23-17-8-7-13(21(26)27)11-16(17)15-9-10-22(20(25)19(15)23)14-5-3-2-4-6-14/h2-8,11H,9-10,12H2,1H3,(H,26,27). The second kappa shape index (κ2) is 6.84. The number of para-hydroxylation sites is 1. The number of methoxy groups -OCH3 is 1. The van der Waals surface area contributed by atoms with Gasteiger partial charge in [-0.1, -0.05) is 18.2 Å². The number of aromatic nitrogens is 1. The number of carboxylic acids is 1. The van der Waals surface area contributed by atoms with E-state index in [1.165, 1.54) is 13.2 Å². The molecule has 0 saturated heterocycles. The molecule has 0 atom stereocenters. The van der Waals surface area contributed by atoms with Crippen LogP contribution in [0.1, 0.15) is 26.4 Å². The molecule has 1 aliphatic heterocycles. The van der Waals surface area contributed by atoms with Crippen molar-refractivity contribution in [2.45, 2.75) is 13.0 Å². The lowest BCUT2D eigenvalue weighted by atomic mass is 10.0. The van der Waals surface area contributed by atoms with E-state index in [0.29, 0.717) is 29.6 Å². The molecule has 7 nitrogen and oxygen atoms in total. The van der Waals surface area contributed by atoms with Gasteiger partial charge >= 0.3 is 11.9 Å². The Balaban J connectivity index is 1.91. The zero-order valence-corrected chi connectivity index (χ0v) is 15.2. The average Bonchev–Trinajstić information content (AvgIpc) is 3.02. The summed E-state index contributed by atoms with van der Waals surface area (Å²) in [4.78, 5) is 38.4. The van der Waals surface area contributed by atoms with Gasteiger partial charge in [0.25, 0.3) is 5.91 Å². The second-order valence-corrected chi connectivity index (χ2v) is 6.57. The first-order chi connectivity index (χ1) is 13.5. The maximum Gasteiger partial charge on any atom is 0.335 e. The molecule has 28 heavy (non-hydrogen) atoms. The van der Waals surface area contributed by atoms with Crippen LogP contribution in [-0.2, 0) is 22.5 Å². The minimum atomic E-state index is -1.04. The van der Waals surface area contributed by atoms with Crippen LogP contribution in [0.2, 0.25) is 0 Å². The number of carboxylic acid groups (broad SMARTS) is 1. The van der Waals surface area contributed by atoms with Gasteiger partial charge in [-0.3, -0.25) is 9.59 Å². The van der Waals surface area contributed by atoms with Gasteiger partial charge in [0.2, 0.25) is 0 Å². The Morgan fingerprint density at radius 3 is 2.57 bits per heavy atom. The SMILES string of the molecule is COC(=O)Cn1c2c(c3cc(C(=O)O)ccc31)CCN(c1ccccc1)C2=O. The number of rotatable bonds is 4. The van der Waals surface area contributed by atoms with E-state index >= 15 is 0 Å². The highest BCUT2D eigenvalue weighted by atomic mass is 16.5. The minimum Gasteiger partial charge on any atom is -0.478 e. The molecule has 1 aliphatic rings. The van der Waals surface area contributed by atoms with Crippen molar-refractivity contribution < 1.29 is 24.2 Å². The predicted molar refractivity (Wildman–Crippen MR) is 103 cm³/mol. The van der Waals surface area contributed by atoms with Crippen LogP contribution < -0.4 is 4.90 Å². The lowest BCUT2D eigenvalue weighted by Gasteiger charge is -2.28. The summed E-state index contributed by atoms with van der Waals surface area (Å²) in [5, 5.41) is 10.0. The van der Waals surface area contributed by atoms with Crippen molar-refractivity contribution in [2.75, 3.05) is 18.6 Å². The van der Waals surface area contributed by atoms with Crippen molar-refractivity contribution in [3.8, 4) is 0 Å². The normalized spacial score (nSPS) is 13.5. The first-order valence-electron chi connectivity index (χ1n) is 8.83. The summed E-state index contributed by atoms with van der Waals surface area (Å²) in [5.41, 5.74) is 2.73. The molecule has 1 amide bonds. The van der Waals surface area contributed by atoms with Crippen LogP contribution in [-0.4, -0.2) is 41.2 Å². The number of nitrogens with zero attached hydrogens (tertiary/aromatic N) is 2. The predicted octanol–water partition coefficient (Wildman–Crippen LogP) is 2.72. The Kier molecular flexibility index (Phi) is 4.35. The van der Waals surface area contributed by atoms with Crippen molar-refractivity contribution in [1.29, 1.82) is 0 Å². The lowest BCUT2D eigenvalue weighted by molar-refractivity contribution is -0.141. The molecule has 0 aliphatic carbocycles. The van der Waals surface area contributed by atoms with Gasteiger partial charge in [-0.2, -0.15) is 0 Å². The number of carbonyl (C=O) groups excluding carboxylic acids is 2. The number of anilines is 1. The van der Waals surface area contributed by atoms with E-state index in [1.807, 2.05) is 30.3 Å². The van der Waals surface area contributed by atoms with Gasteiger partial charge in [0.05, 0.1) is 12.7 Å². The van der Waals surface area contributed by atoms with Gasteiger partial charge in [0.1, 0.15) is 12.2 Å². The average molecular weight is 378 g/mol. The summed E-state index contributed by atoms with van der Waals surface area (Å²) in [6, 6.07) is 14.0. The molecule has 2 aromatic carbocycles. The van der Waals surface area contributed by atoms with E-state index in [4.69, 9.17) is 4.74 Å². The Morgan fingerprint density at radius 1 is 1.14 bits per heavy atom. The first kappa shape index (κ1) is 17.8. The zero-order chi connectivity index (χ0) is 19.8. The van der Waals surface area contributed by atoms with Gasteiger partial charge in [-0.05, 0) is 42.3 Å². The molecule has 4 rings (SSSR count). The highest BCUT2D eigenvalue weighted by Crippen LogP contribution is 2.33. The van der Waals surface area contributed by atoms with Crippen LogP contribution in [0.3, 0.4) is 0 Å².